The molecular formula is C23H27N5O5. The molecule has 1 fully saturated rings. The lowest BCUT2D eigenvalue weighted by Gasteiger charge is -2.29. The molecule has 1 amide bonds. The Balaban J connectivity index is 1.33. The summed E-state index contributed by atoms with van der Waals surface area (Å²) in [6.07, 6.45) is 6.35. The first kappa shape index (κ1) is 22.4. The van der Waals surface area contributed by atoms with Crippen LogP contribution in [0.15, 0.2) is 36.7 Å². The van der Waals surface area contributed by atoms with Gasteiger partial charge in [-0.25, -0.2) is 0 Å². The highest BCUT2D eigenvalue weighted by atomic mass is 16.5. The monoisotopic (exact) mass is 453 g/mol. The molecule has 0 unspecified atom stereocenters. The fourth-order valence-electron chi connectivity index (χ4n) is 3.84. The van der Waals surface area contributed by atoms with Crippen LogP contribution in [0.25, 0.3) is 11.3 Å². The molecule has 0 aliphatic heterocycles. The van der Waals surface area contributed by atoms with E-state index >= 15 is 0 Å². The van der Waals surface area contributed by atoms with Crippen molar-refractivity contribution in [1.82, 2.24) is 25.5 Å². The summed E-state index contributed by atoms with van der Waals surface area (Å²) in [6, 6.07) is 7.21. The summed E-state index contributed by atoms with van der Waals surface area (Å²) in [5.74, 6) is 1.99. The predicted molar refractivity (Wildman–Crippen MR) is 120 cm³/mol. The molecule has 10 heteroatoms. The van der Waals surface area contributed by atoms with E-state index in [1.165, 1.54) is 13.3 Å². The van der Waals surface area contributed by atoms with E-state index in [0.29, 0.717) is 34.6 Å². The van der Waals surface area contributed by atoms with Crippen LogP contribution >= 0.6 is 0 Å². The van der Waals surface area contributed by atoms with E-state index < -0.39 is 0 Å². The molecule has 2 N–H and O–H groups in total. The third kappa shape index (κ3) is 5.33. The van der Waals surface area contributed by atoms with Crippen LogP contribution in [0.1, 0.15) is 36.2 Å². The average Bonchev–Trinajstić information content (AvgIpc) is 3.35. The van der Waals surface area contributed by atoms with Gasteiger partial charge < -0.3 is 24.3 Å². The van der Waals surface area contributed by atoms with Gasteiger partial charge in [0, 0.05) is 11.6 Å². The largest absolute Gasteiger partial charge is 0.497 e. The maximum Gasteiger partial charge on any atom is 0.269 e. The van der Waals surface area contributed by atoms with Crippen LogP contribution in [0.4, 0.5) is 0 Å². The summed E-state index contributed by atoms with van der Waals surface area (Å²) in [4.78, 5) is 21.1. The molecule has 1 aliphatic carbocycles. The van der Waals surface area contributed by atoms with E-state index in [1.54, 1.807) is 32.5 Å². The third-order valence-electron chi connectivity index (χ3n) is 5.60. The maximum atomic E-state index is 12.8. The summed E-state index contributed by atoms with van der Waals surface area (Å²) in [5, 5.41) is 10.2. The van der Waals surface area contributed by atoms with Crippen molar-refractivity contribution < 1.29 is 23.7 Å². The number of H-pyrrole nitrogens is 1. The summed E-state index contributed by atoms with van der Waals surface area (Å²) < 4.78 is 21.7. The highest BCUT2D eigenvalue weighted by Crippen LogP contribution is 2.32. The molecule has 10 nitrogen and oxygen atoms in total. The van der Waals surface area contributed by atoms with Crippen LogP contribution in [0.5, 0.6) is 23.3 Å². The molecule has 2 aromatic heterocycles. The lowest BCUT2D eigenvalue weighted by Crippen LogP contribution is -2.39. The molecule has 1 aromatic carbocycles. The topological polar surface area (TPSA) is 120 Å². The number of carbonyl (C=O) groups is 1. The van der Waals surface area contributed by atoms with Crippen LogP contribution in [0.3, 0.4) is 0 Å². The van der Waals surface area contributed by atoms with Gasteiger partial charge in [0.05, 0.1) is 39.4 Å². The zero-order valence-corrected chi connectivity index (χ0v) is 18.8. The zero-order chi connectivity index (χ0) is 23.2. The number of aromatic amines is 1. The number of nitrogens with one attached hydrogen (secondary N) is 2. The van der Waals surface area contributed by atoms with E-state index in [1.807, 2.05) is 12.1 Å². The first-order valence-corrected chi connectivity index (χ1v) is 10.7. The van der Waals surface area contributed by atoms with Crippen LogP contribution in [0.2, 0.25) is 0 Å². The maximum absolute atomic E-state index is 12.8. The van der Waals surface area contributed by atoms with E-state index in [4.69, 9.17) is 18.9 Å². The quantitative estimate of drug-likeness (QED) is 0.534. The van der Waals surface area contributed by atoms with Gasteiger partial charge >= 0.3 is 0 Å². The molecule has 0 bridgehead atoms. The number of nitrogens with zero attached hydrogens (tertiary/aromatic N) is 3. The highest BCUT2D eigenvalue weighted by Gasteiger charge is 2.25. The van der Waals surface area contributed by atoms with Crippen molar-refractivity contribution in [2.24, 2.45) is 0 Å². The Bertz CT molecular complexity index is 1090. The fourth-order valence-corrected chi connectivity index (χ4v) is 3.84. The van der Waals surface area contributed by atoms with Gasteiger partial charge in [0.1, 0.15) is 23.3 Å². The average molecular weight is 453 g/mol. The Kier molecular flexibility index (Phi) is 6.92. The van der Waals surface area contributed by atoms with Crippen LogP contribution < -0.4 is 24.3 Å². The van der Waals surface area contributed by atoms with Crippen molar-refractivity contribution in [2.45, 2.75) is 37.8 Å². The Morgan fingerprint density at radius 2 is 1.79 bits per heavy atom. The van der Waals surface area contributed by atoms with Gasteiger partial charge in [-0.15, -0.1) is 0 Å². The molecule has 1 saturated carbocycles. The number of hydrogen-bond donors (Lipinski definition) is 2. The number of amides is 1. The summed E-state index contributed by atoms with van der Waals surface area (Å²) in [7, 11) is 4.73. The Hall–Kier alpha value is -3.82. The number of aromatic nitrogens is 4. The number of carbonyl (C=O) groups excluding carboxylic acids is 1. The molecule has 174 valence electrons. The number of benzene rings is 1. The Morgan fingerprint density at radius 1 is 1.00 bits per heavy atom. The Labute approximate surface area is 191 Å². The van der Waals surface area contributed by atoms with Crippen molar-refractivity contribution in [2.75, 3.05) is 21.3 Å². The molecule has 0 atom stereocenters. The minimum absolute atomic E-state index is 0.0267. The molecule has 0 radical (unpaired) electrons. The third-order valence-corrected chi connectivity index (χ3v) is 5.60. The van der Waals surface area contributed by atoms with Crippen molar-refractivity contribution in [3.63, 3.8) is 0 Å². The van der Waals surface area contributed by atoms with Crippen LogP contribution in [0, 0.1) is 0 Å². The molecule has 0 saturated heterocycles. The standard InChI is InChI=1S/C23H27N5O5/c1-30-16-8-9-20(31-2)17(10-16)18-11-19(28-27-18)23(29)25-14-4-6-15(7-5-14)33-22-13-24-12-21(26-22)32-3/h8-15H,4-7H2,1-3H3,(H,25,29)(H,27,28). The van der Waals surface area contributed by atoms with E-state index in [0.717, 1.165) is 31.2 Å². The van der Waals surface area contributed by atoms with Crippen molar-refractivity contribution >= 4 is 5.91 Å². The summed E-state index contributed by atoms with van der Waals surface area (Å²) in [6.45, 7) is 0. The van der Waals surface area contributed by atoms with Gasteiger partial charge in [0.25, 0.3) is 5.91 Å². The highest BCUT2D eigenvalue weighted by molar-refractivity contribution is 5.93. The molecule has 4 rings (SSSR count). The molecular weight excluding hydrogens is 426 g/mol. The first-order valence-electron chi connectivity index (χ1n) is 10.7. The van der Waals surface area contributed by atoms with Crippen molar-refractivity contribution in [1.29, 1.82) is 0 Å². The lowest BCUT2D eigenvalue weighted by molar-refractivity contribution is 0.0884. The van der Waals surface area contributed by atoms with Gasteiger partial charge in [-0.05, 0) is 49.9 Å². The van der Waals surface area contributed by atoms with E-state index in [9.17, 15) is 4.79 Å². The SMILES string of the molecule is COc1ccc(OC)c(-c2cc(C(=O)NC3CCC(Oc4cncc(OC)n4)CC3)[nH]n2)c1. The molecule has 33 heavy (non-hydrogen) atoms. The molecule has 0 spiro atoms. The smallest absolute Gasteiger partial charge is 0.269 e. The van der Waals surface area contributed by atoms with Crippen molar-refractivity contribution in [3.05, 3.63) is 42.4 Å². The number of hydrogen-bond acceptors (Lipinski definition) is 8. The van der Waals surface area contributed by atoms with Gasteiger partial charge in [0.2, 0.25) is 11.8 Å². The second-order valence-electron chi connectivity index (χ2n) is 7.70. The second-order valence-corrected chi connectivity index (χ2v) is 7.70. The molecule has 2 heterocycles. The van der Waals surface area contributed by atoms with Crippen molar-refractivity contribution in [3.8, 4) is 34.5 Å². The summed E-state index contributed by atoms with van der Waals surface area (Å²) >= 11 is 0. The number of methoxy groups -OCH3 is 3. The van der Waals surface area contributed by atoms with Crippen LogP contribution in [-0.2, 0) is 0 Å². The number of rotatable bonds is 8. The minimum Gasteiger partial charge on any atom is -0.497 e. The van der Waals surface area contributed by atoms with Gasteiger partial charge in [-0.1, -0.05) is 0 Å². The van der Waals surface area contributed by atoms with Gasteiger partial charge in [0.15, 0.2) is 0 Å². The molecule has 3 aromatic rings. The lowest BCUT2D eigenvalue weighted by atomic mass is 9.93. The minimum atomic E-state index is -0.196. The predicted octanol–water partition coefficient (Wildman–Crippen LogP) is 3.01. The van der Waals surface area contributed by atoms with Gasteiger partial charge in [-0.2, -0.15) is 10.1 Å². The fraction of sp³-hybridized carbons (Fsp3) is 0.391. The van der Waals surface area contributed by atoms with E-state index in [-0.39, 0.29) is 18.1 Å². The van der Waals surface area contributed by atoms with E-state index in [2.05, 4.69) is 25.5 Å². The molecule has 1 aliphatic rings. The Morgan fingerprint density at radius 3 is 2.52 bits per heavy atom. The normalized spacial score (nSPS) is 17.8. The second kappa shape index (κ2) is 10.2. The zero-order valence-electron chi connectivity index (χ0n) is 18.8. The van der Waals surface area contributed by atoms with Gasteiger partial charge in [-0.3, -0.25) is 14.9 Å². The number of ether oxygens (including phenoxy) is 4. The first-order chi connectivity index (χ1) is 16.1. The van der Waals surface area contributed by atoms with Crippen LogP contribution in [-0.4, -0.2) is 59.5 Å². The summed E-state index contributed by atoms with van der Waals surface area (Å²) in [5.41, 5.74) is 1.73.